The average Bonchev–Trinajstić information content (AvgIpc) is 3.24. The molecule has 1 aromatic heterocycles. The zero-order valence-electron chi connectivity index (χ0n) is 14.0. The van der Waals surface area contributed by atoms with E-state index in [9.17, 15) is 4.79 Å². The van der Waals surface area contributed by atoms with Crippen LogP contribution in [0.15, 0.2) is 24.3 Å². The van der Waals surface area contributed by atoms with E-state index in [4.69, 9.17) is 0 Å². The number of carbonyl (C=O) groups excluding carboxylic acids is 1. The minimum absolute atomic E-state index is 0.0959. The Bertz CT molecular complexity index is 754. The van der Waals surface area contributed by atoms with Gasteiger partial charge in [0.1, 0.15) is 11.6 Å². The van der Waals surface area contributed by atoms with Crippen molar-refractivity contribution in [1.82, 2.24) is 25.4 Å². The number of hydrogen-bond acceptors (Lipinski definition) is 3. The molecule has 0 spiro atoms. The molecule has 2 aromatic rings. The summed E-state index contributed by atoms with van der Waals surface area (Å²) in [5.74, 6) is 2.47. The van der Waals surface area contributed by atoms with Gasteiger partial charge in [-0.05, 0) is 29.9 Å². The predicted molar refractivity (Wildman–Crippen MR) is 90.6 cm³/mol. The Kier molecular flexibility index (Phi) is 3.96. The highest BCUT2D eigenvalue weighted by atomic mass is 16.2. The minimum Gasteiger partial charge on any atom is -0.338 e. The van der Waals surface area contributed by atoms with Gasteiger partial charge in [0, 0.05) is 25.9 Å². The van der Waals surface area contributed by atoms with Gasteiger partial charge in [-0.25, -0.2) is 4.79 Å². The number of aryl methyl sites for hydroxylation is 1. The zero-order valence-corrected chi connectivity index (χ0v) is 14.0. The molecule has 0 saturated carbocycles. The molecular weight excluding hydrogens is 302 g/mol. The Labute approximate surface area is 141 Å². The second kappa shape index (κ2) is 6.26. The molecule has 6 heteroatoms. The summed E-state index contributed by atoms with van der Waals surface area (Å²) in [7, 11) is 0. The molecule has 24 heavy (non-hydrogen) atoms. The van der Waals surface area contributed by atoms with Gasteiger partial charge in [-0.1, -0.05) is 31.2 Å². The molecule has 0 radical (unpaired) electrons. The highest BCUT2D eigenvalue weighted by Crippen LogP contribution is 2.35. The number of amides is 2. The number of carbonyl (C=O) groups is 1. The number of fused-ring (bicyclic) bond motifs is 2. The fraction of sp³-hybridized carbons (Fsp3) is 0.500. The van der Waals surface area contributed by atoms with E-state index in [-0.39, 0.29) is 12.1 Å². The third-order valence-corrected chi connectivity index (χ3v) is 5.11. The second-order valence-electron chi connectivity index (χ2n) is 6.80. The second-order valence-corrected chi connectivity index (χ2v) is 6.80. The van der Waals surface area contributed by atoms with Gasteiger partial charge in [0.05, 0.1) is 6.04 Å². The molecule has 1 aromatic carbocycles. The molecule has 126 valence electrons. The van der Waals surface area contributed by atoms with Crippen molar-refractivity contribution < 1.29 is 4.79 Å². The first kappa shape index (κ1) is 15.2. The third kappa shape index (κ3) is 2.77. The van der Waals surface area contributed by atoms with Crippen LogP contribution in [0.2, 0.25) is 0 Å². The number of urea groups is 1. The summed E-state index contributed by atoms with van der Waals surface area (Å²) >= 11 is 0. The van der Waals surface area contributed by atoms with Crippen LogP contribution in [0.25, 0.3) is 0 Å². The lowest BCUT2D eigenvalue weighted by atomic mass is 10.0. The van der Waals surface area contributed by atoms with E-state index in [2.05, 4.69) is 50.5 Å². The van der Waals surface area contributed by atoms with Crippen molar-refractivity contribution in [1.29, 1.82) is 0 Å². The summed E-state index contributed by atoms with van der Waals surface area (Å²) in [6, 6.07) is 8.35. The van der Waals surface area contributed by atoms with Gasteiger partial charge in [-0.15, -0.1) is 10.2 Å². The van der Waals surface area contributed by atoms with E-state index in [1.165, 1.54) is 11.1 Å². The predicted octanol–water partition coefficient (Wildman–Crippen LogP) is 2.00. The fourth-order valence-corrected chi connectivity index (χ4v) is 3.89. The number of nitrogens with zero attached hydrogens (tertiary/aromatic N) is 3. The molecule has 4 rings (SSSR count). The van der Waals surface area contributed by atoms with Crippen LogP contribution in [0.3, 0.4) is 0 Å². The summed E-state index contributed by atoms with van der Waals surface area (Å²) < 4.78 is 2.18. The van der Waals surface area contributed by atoms with E-state index in [0.29, 0.717) is 12.5 Å². The molecule has 2 amide bonds. The smallest absolute Gasteiger partial charge is 0.315 e. The van der Waals surface area contributed by atoms with Crippen molar-refractivity contribution in [2.24, 2.45) is 5.92 Å². The first-order valence-electron chi connectivity index (χ1n) is 8.75. The lowest BCUT2D eigenvalue weighted by Crippen LogP contribution is -2.40. The van der Waals surface area contributed by atoms with Gasteiger partial charge < -0.3 is 15.2 Å². The first-order chi connectivity index (χ1) is 11.7. The van der Waals surface area contributed by atoms with E-state index in [1.54, 1.807) is 0 Å². The van der Waals surface area contributed by atoms with Gasteiger partial charge in [-0.2, -0.15) is 0 Å². The Hall–Kier alpha value is -2.37. The molecule has 6 nitrogen and oxygen atoms in total. The van der Waals surface area contributed by atoms with Gasteiger partial charge in [-0.3, -0.25) is 0 Å². The molecule has 0 saturated heterocycles. The number of hydrogen-bond donors (Lipinski definition) is 2. The van der Waals surface area contributed by atoms with Crippen molar-refractivity contribution in [3.63, 3.8) is 0 Å². The van der Waals surface area contributed by atoms with Crippen LogP contribution in [0.4, 0.5) is 4.79 Å². The third-order valence-electron chi connectivity index (χ3n) is 5.11. The number of nitrogens with one attached hydrogen (secondary N) is 2. The van der Waals surface area contributed by atoms with E-state index in [0.717, 1.165) is 43.9 Å². The number of rotatable bonds is 4. The van der Waals surface area contributed by atoms with E-state index < -0.39 is 0 Å². The maximum Gasteiger partial charge on any atom is 0.315 e. The van der Waals surface area contributed by atoms with Crippen LogP contribution < -0.4 is 10.6 Å². The largest absolute Gasteiger partial charge is 0.338 e. The van der Waals surface area contributed by atoms with Crippen molar-refractivity contribution in [2.45, 2.75) is 45.2 Å². The summed E-state index contributed by atoms with van der Waals surface area (Å²) in [6.45, 7) is 3.76. The van der Waals surface area contributed by atoms with Crippen molar-refractivity contribution in [3.8, 4) is 0 Å². The van der Waals surface area contributed by atoms with Gasteiger partial charge in [0.2, 0.25) is 0 Å². The quantitative estimate of drug-likeness (QED) is 0.903. The molecule has 2 heterocycles. The van der Waals surface area contributed by atoms with Crippen LogP contribution in [0.5, 0.6) is 0 Å². The van der Waals surface area contributed by atoms with Crippen LogP contribution in [-0.2, 0) is 25.8 Å². The highest BCUT2D eigenvalue weighted by Gasteiger charge is 2.30. The lowest BCUT2D eigenvalue weighted by molar-refractivity contribution is 0.233. The Morgan fingerprint density at radius 3 is 3.12 bits per heavy atom. The molecule has 2 N–H and O–H groups in total. The number of aromatic nitrogens is 3. The first-order valence-corrected chi connectivity index (χ1v) is 8.75. The molecule has 0 fully saturated rings. The summed E-state index contributed by atoms with van der Waals surface area (Å²) in [5.41, 5.74) is 2.59. The Morgan fingerprint density at radius 2 is 2.21 bits per heavy atom. The molecule has 1 aliphatic carbocycles. The van der Waals surface area contributed by atoms with Crippen LogP contribution in [0, 0.1) is 5.92 Å². The van der Waals surface area contributed by atoms with Gasteiger partial charge in [0.15, 0.2) is 0 Å². The zero-order chi connectivity index (χ0) is 16.5. The SMILES string of the molecule is CC1Cc2ccccc2C1NC(=O)NCCc1nnc2n1CCC2. The molecule has 2 atom stereocenters. The highest BCUT2D eigenvalue weighted by molar-refractivity contribution is 5.74. The van der Waals surface area contributed by atoms with Gasteiger partial charge in [0.25, 0.3) is 0 Å². The number of benzene rings is 1. The molecule has 1 aliphatic heterocycles. The lowest BCUT2D eigenvalue weighted by Gasteiger charge is -2.19. The Balaban J connectivity index is 1.31. The monoisotopic (exact) mass is 325 g/mol. The van der Waals surface area contributed by atoms with E-state index in [1.807, 2.05) is 6.07 Å². The van der Waals surface area contributed by atoms with Crippen LogP contribution in [0.1, 0.15) is 42.2 Å². The summed E-state index contributed by atoms with van der Waals surface area (Å²) in [4.78, 5) is 12.3. The standard InChI is InChI=1S/C18H23N5O/c1-12-11-13-5-2-3-6-14(13)17(12)20-18(24)19-9-8-16-22-21-15-7-4-10-23(15)16/h2-3,5-6,12,17H,4,7-11H2,1H3,(H2,19,20,24). The van der Waals surface area contributed by atoms with Crippen molar-refractivity contribution in [3.05, 3.63) is 47.0 Å². The van der Waals surface area contributed by atoms with Crippen LogP contribution >= 0.6 is 0 Å². The maximum atomic E-state index is 12.3. The van der Waals surface area contributed by atoms with Crippen molar-refractivity contribution >= 4 is 6.03 Å². The van der Waals surface area contributed by atoms with Crippen LogP contribution in [-0.4, -0.2) is 27.3 Å². The average molecular weight is 325 g/mol. The summed E-state index contributed by atoms with van der Waals surface area (Å²) in [6.07, 6.45) is 3.90. The summed E-state index contributed by atoms with van der Waals surface area (Å²) in [5, 5.41) is 14.5. The molecule has 0 bridgehead atoms. The fourth-order valence-electron chi connectivity index (χ4n) is 3.89. The maximum absolute atomic E-state index is 12.3. The molecular formula is C18H23N5O. The van der Waals surface area contributed by atoms with E-state index >= 15 is 0 Å². The Morgan fingerprint density at radius 1 is 1.33 bits per heavy atom. The van der Waals surface area contributed by atoms with Crippen molar-refractivity contribution in [2.75, 3.05) is 6.54 Å². The minimum atomic E-state index is -0.107. The topological polar surface area (TPSA) is 71.8 Å². The molecule has 2 unspecified atom stereocenters. The van der Waals surface area contributed by atoms with Gasteiger partial charge >= 0.3 is 6.03 Å². The molecule has 2 aliphatic rings. The normalized spacial score (nSPS) is 21.4.